The number of aliphatic imine (C=N–C) groups is 1. The number of hydrogen-bond donors (Lipinski definition) is 2. The molecular weight excluding hydrogens is 519 g/mol. The summed E-state index contributed by atoms with van der Waals surface area (Å²) >= 11 is 0. The zero-order valence-electron chi connectivity index (χ0n) is 19.2. The lowest BCUT2D eigenvalue weighted by molar-refractivity contribution is 0.0341. The molecule has 1 heterocycles. The highest BCUT2D eigenvalue weighted by molar-refractivity contribution is 14.0. The molecule has 8 heteroatoms. The highest BCUT2D eigenvalue weighted by atomic mass is 127. The number of benzene rings is 2. The lowest BCUT2D eigenvalue weighted by Gasteiger charge is -2.27. The summed E-state index contributed by atoms with van der Waals surface area (Å²) < 4.78 is 16.6. The van der Waals surface area contributed by atoms with Crippen molar-refractivity contribution in [2.75, 3.05) is 47.0 Å². The van der Waals surface area contributed by atoms with E-state index in [0.717, 1.165) is 50.3 Å². The van der Waals surface area contributed by atoms with Crippen molar-refractivity contribution in [2.24, 2.45) is 4.99 Å². The molecule has 32 heavy (non-hydrogen) atoms. The van der Waals surface area contributed by atoms with Crippen molar-refractivity contribution < 1.29 is 14.2 Å². The van der Waals surface area contributed by atoms with Gasteiger partial charge in [-0.1, -0.05) is 24.3 Å². The molecule has 176 valence electrons. The van der Waals surface area contributed by atoms with Gasteiger partial charge >= 0.3 is 0 Å². The second-order valence-corrected chi connectivity index (χ2v) is 7.57. The fourth-order valence-electron chi connectivity index (χ4n) is 3.45. The van der Waals surface area contributed by atoms with Gasteiger partial charge in [-0.3, -0.25) is 9.89 Å². The number of rotatable bonds is 9. The van der Waals surface area contributed by atoms with Crippen molar-refractivity contribution in [3.63, 3.8) is 0 Å². The van der Waals surface area contributed by atoms with Crippen molar-refractivity contribution in [1.82, 2.24) is 15.5 Å². The van der Waals surface area contributed by atoms with E-state index in [1.807, 2.05) is 31.2 Å². The highest BCUT2D eigenvalue weighted by Gasteiger charge is 2.13. The van der Waals surface area contributed by atoms with E-state index in [9.17, 15) is 0 Å². The Balaban J connectivity index is 0.00000363. The van der Waals surface area contributed by atoms with E-state index in [1.54, 1.807) is 14.2 Å². The second-order valence-electron chi connectivity index (χ2n) is 7.57. The number of hydrogen-bond acceptors (Lipinski definition) is 5. The molecule has 1 saturated heterocycles. The highest BCUT2D eigenvalue weighted by Crippen LogP contribution is 2.18. The average Bonchev–Trinajstić information content (AvgIpc) is 2.81. The maximum absolute atomic E-state index is 5.96. The van der Waals surface area contributed by atoms with Crippen molar-refractivity contribution in [1.29, 1.82) is 0 Å². The topological polar surface area (TPSA) is 67.4 Å². The van der Waals surface area contributed by atoms with Crippen LogP contribution in [0.2, 0.25) is 0 Å². The smallest absolute Gasteiger partial charge is 0.191 e. The molecule has 2 aromatic rings. The Morgan fingerprint density at radius 1 is 1.03 bits per heavy atom. The van der Waals surface area contributed by atoms with Gasteiger partial charge in [0.25, 0.3) is 0 Å². The lowest BCUT2D eigenvalue weighted by Crippen LogP contribution is -2.41. The maximum atomic E-state index is 5.96. The third kappa shape index (κ3) is 8.48. The number of nitrogens with zero attached hydrogens (tertiary/aromatic N) is 2. The van der Waals surface area contributed by atoms with Crippen LogP contribution in [0.5, 0.6) is 11.5 Å². The summed E-state index contributed by atoms with van der Waals surface area (Å²) in [6.07, 6.45) is -0.0134. The molecule has 0 saturated carbocycles. The first kappa shape index (κ1) is 26.2. The Labute approximate surface area is 208 Å². The summed E-state index contributed by atoms with van der Waals surface area (Å²) in [5.74, 6) is 2.39. The van der Waals surface area contributed by atoms with Crippen LogP contribution in [0.3, 0.4) is 0 Å². The minimum atomic E-state index is -0.0134. The first-order chi connectivity index (χ1) is 15.2. The van der Waals surface area contributed by atoms with Gasteiger partial charge in [0, 0.05) is 33.2 Å². The van der Waals surface area contributed by atoms with Crippen LogP contribution in [-0.2, 0) is 17.8 Å². The van der Waals surface area contributed by atoms with E-state index in [1.165, 1.54) is 11.1 Å². The minimum Gasteiger partial charge on any atom is -0.497 e. The van der Waals surface area contributed by atoms with Crippen molar-refractivity contribution in [2.45, 2.75) is 26.1 Å². The zero-order valence-corrected chi connectivity index (χ0v) is 21.5. The molecule has 0 aliphatic carbocycles. The number of guanidine groups is 1. The van der Waals surface area contributed by atoms with Crippen LogP contribution in [0.15, 0.2) is 53.5 Å². The number of ether oxygens (including phenoxy) is 3. The Morgan fingerprint density at radius 2 is 1.69 bits per heavy atom. The molecule has 0 radical (unpaired) electrons. The van der Waals surface area contributed by atoms with Gasteiger partial charge in [0.05, 0.1) is 26.9 Å². The number of methoxy groups -OCH3 is 1. The van der Waals surface area contributed by atoms with Gasteiger partial charge < -0.3 is 24.8 Å². The van der Waals surface area contributed by atoms with Gasteiger partial charge in [-0.25, -0.2) is 0 Å². The molecule has 1 atom stereocenters. The largest absolute Gasteiger partial charge is 0.497 e. The lowest BCUT2D eigenvalue weighted by atomic mass is 10.1. The molecule has 7 nitrogen and oxygen atoms in total. The summed E-state index contributed by atoms with van der Waals surface area (Å²) in [5, 5.41) is 6.77. The molecule has 0 bridgehead atoms. The Bertz CT molecular complexity index is 826. The van der Waals surface area contributed by atoms with Crippen LogP contribution in [0.1, 0.15) is 18.1 Å². The third-order valence-electron chi connectivity index (χ3n) is 5.24. The third-order valence-corrected chi connectivity index (χ3v) is 5.24. The van der Waals surface area contributed by atoms with Gasteiger partial charge in [0.15, 0.2) is 5.96 Å². The summed E-state index contributed by atoms with van der Waals surface area (Å²) in [6.45, 7) is 7.92. The van der Waals surface area contributed by atoms with Gasteiger partial charge in [-0.2, -0.15) is 0 Å². The molecule has 1 unspecified atom stereocenters. The molecule has 0 aromatic heterocycles. The van der Waals surface area contributed by atoms with Crippen molar-refractivity contribution >= 4 is 29.9 Å². The van der Waals surface area contributed by atoms with Crippen LogP contribution in [0.4, 0.5) is 0 Å². The zero-order chi connectivity index (χ0) is 21.9. The van der Waals surface area contributed by atoms with Crippen LogP contribution in [0, 0.1) is 0 Å². The van der Waals surface area contributed by atoms with Crippen LogP contribution >= 0.6 is 24.0 Å². The van der Waals surface area contributed by atoms with Crippen LogP contribution in [-0.4, -0.2) is 64.0 Å². The summed E-state index contributed by atoms with van der Waals surface area (Å²) in [4.78, 5) is 6.78. The number of nitrogens with one attached hydrogen (secondary N) is 2. The van der Waals surface area contributed by atoms with E-state index in [-0.39, 0.29) is 30.1 Å². The van der Waals surface area contributed by atoms with E-state index in [0.29, 0.717) is 13.1 Å². The minimum absolute atomic E-state index is 0. The molecule has 0 spiro atoms. The molecule has 1 aliphatic heterocycles. The standard InChI is InChI=1S/C24H34N4O3.HI/c1-19(31-23-10-8-22(29-3)9-11-23)16-26-24(25-2)27-17-20-6-4-5-7-21(20)18-28-12-14-30-15-13-28;/h4-11,19H,12-18H2,1-3H3,(H2,25,26,27);1H. The van der Waals surface area contributed by atoms with E-state index in [2.05, 4.69) is 44.8 Å². The van der Waals surface area contributed by atoms with Gasteiger partial charge in [-0.15, -0.1) is 24.0 Å². The summed E-state index contributed by atoms with van der Waals surface area (Å²) in [6, 6.07) is 16.2. The Hall–Kier alpha value is -2.04. The number of morpholine rings is 1. The molecule has 0 amide bonds. The van der Waals surface area contributed by atoms with Crippen molar-refractivity contribution in [3.8, 4) is 11.5 Å². The number of halogens is 1. The van der Waals surface area contributed by atoms with E-state index < -0.39 is 0 Å². The molecule has 2 aromatic carbocycles. The normalized spacial score (nSPS) is 15.4. The average molecular weight is 554 g/mol. The fraction of sp³-hybridized carbons (Fsp3) is 0.458. The summed E-state index contributed by atoms with van der Waals surface area (Å²) in [7, 11) is 3.44. The van der Waals surface area contributed by atoms with E-state index >= 15 is 0 Å². The predicted molar refractivity (Wildman–Crippen MR) is 139 cm³/mol. The van der Waals surface area contributed by atoms with Crippen LogP contribution in [0.25, 0.3) is 0 Å². The first-order valence-electron chi connectivity index (χ1n) is 10.8. The Morgan fingerprint density at radius 3 is 2.34 bits per heavy atom. The predicted octanol–water partition coefficient (Wildman–Crippen LogP) is 3.28. The van der Waals surface area contributed by atoms with Crippen molar-refractivity contribution in [3.05, 3.63) is 59.7 Å². The monoisotopic (exact) mass is 554 g/mol. The first-order valence-corrected chi connectivity index (χ1v) is 10.8. The molecular formula is C24H35IN4O3. The van der Waals surface area contributed by atoms with E-state index in [4.69, 9.17) is 14.2 Å². The molecule has 3 rings (SSSR count). The fourth-order valence-corrected chi connectivity index (χ4v) is 3.45. The van der Waals surface area contributed by atoms with Gasteiger partial charge in [-0.05, 0) is 42.3 Å². The molecule has 2 N–H and O–H groups in total. The quantitative estimate of drug-likeness (QED) is 0.282. The summed E-state index contributed by atoms with van der Waals surface area (Å²) in [5.41, 5.74) is 2.61. The van der Waals surface area contributed by atoms with Gasteiger partial charge in [0.1, 0.15) is 17.6 Å². The SMILES string of the molecule is CN=C(NCc1ccccc1CN1CCOCC1)NCC(C)Oc1ccc(OC)cc1.I. The van der Waals surface area contributed by atoms with Crippen LogP contribution < -0.4 is 20.1 Å². The Kier molecular flexibility index (Phi) is 11.6. The second kappa shape index (κ2) is 14.2. The maximum Gasteiger partial charge on any atom is 0.191 e. The van der Waals surface area contributed by atoms with Gasteiger partial charge in [0.2, 0.25) is 0 Å². The molecule has 1 aliphatic rings. The molecule has 1 fully saturated rings.